The minimum Gasteiger partial charge on any atom is -0.366 e. The van der Waals surface area contributed by atoms with Crippen LogP contribution < -0.4 is 11.1 Å². The van der Waals surface area contributed by atoms with Crippen LogP contribution in [-0.2, 0) is 13.0 Å². The lowest BCUT2D eigenvalue weighted by molar-refractivity contribution is 0.100. The van der Waals surface area contributed by atoms with Crippen LogP contribution in [0.5, 0.6) is 0 Å². The second-order valence-corrected chi connectivity index (χ2v) is 5.29. The zero-order valence-electron chi connectivity index (χ0n) is 9.18. The number of carbonyl (C=O) groups excluding carboxylic acids is 1. The third-order valence-electron chi connectivity index (χ3n) is 2.28. The van der Waals surface area contributed by atoms with Gasteiger partial charge < -0.3 is 11.1 Å². The van der Waals surface area contributed by atoms with E-state index in [0.29, 0.717) is 5.56 Å². The summed E-state index contributed by atoms with van der Waals surface area (Å²) in [7, 11) is 0. The van der Waals surface area contributed by atoms with Crippen LogP contribution in [0.25, 0.3) is 0 Å². The summed E-state index contributed by atoms with van der Waals surface area (Å²) < 4.78 is 0. The maximum atomic E-state index is 10.9. The molecule has 0 radical (unpaired) electrons. The highest BCUT2D eigenvalue weighted by molar-refractivity contribution is 7.10. The highest BCUT2D eigenvalue weighted by Gasteiger charge is 2.04. The van der Waals surface area contributed by atoms with Gasteiger partial charge in [-0.15, -0.1) is 22.7 Å². The first-order valence-corrected chi connectivity index (χ1v) is 7.03. The lowest BCUT2D eigenvalue weighted by Crippen LogP contribution is -2.16. The summed E-state index contributed by atoms with van der Waals surface area (Å²) in [6.45, 7) is 1.65. The molecule has 0 aliphatic carbocycles. The minimum absolute atomic E-state index is 0.366. The smallest absolute Gasteiger partial charge is 0.249 e. The normalized spacial score (nSPS) is 10.6. The van der Waals surface area contributed by atoms with E-state index >= 15 is 0 Å². The molecule has 0 aromatic carbocycles. The Balaban J connectivity index is 1.72. The number of primary amides is 1. The Kier molecular flexibility index (Phi) is 4.24. The van der Waals surface area contributed by atoms with Crippen LogP contribution in [0.3, 0.4) is 0 Å². The van der Waals surface area contributed by atoms with Crippen molar-refractivity contribution in [3.05, 3.63) is 38.5 Å². The lowest BCUT2D eigenvalue weighted by Gasteiger charge is -2.00. The van der Waals surface area contributed by atoms with Gasteiger partial charge in [-0.25, -0.2) is 4.98 Å². The number of hydrogen-bond acceptors (Lipinski definition) is 5. The van der Waals surface area contributed by atoms with E-state index in [0.717, 1.165) is 30.1 Å². The predicted octanol–water partition coefficient (Wildman–Crippen LogP) is 1.64. The molecular weight excluding hydrogens is 254 g/mol. The van der Waals surface area contributed by atoms with E-state index in [-0.39, 0.29) is 5.91 Å². The van der Waals surface area contributed by atoms with Gasteiger partial charge in [-0.05, 0) is 6.07 Å². The van der Waals surface area contributed by atoms with Crippen molar-refractivity contribution >= 4 is 28.6 Å². The Bertz CT molecular complexity index is 479. The van der Waals surface area contributed by atoms with Crippen LogP contribution in [0.4, 0.5) is 0 Å². The van der Waals surface area contributed by atoms with Crippen LogP contribution in [0.15, 0.2) is 22.3 Å². The number of nitrogens with one attached hydrogen (secondary N) is 1. The van der Waals surface area contributed by atoms with Gasteiger partial charge in [0.1, 0.15) is 0 Å². The van der Waals surface area contributed by atoms with Gasteiger partial charge in [-0.2, -0.15) is 0 Å². The molecule has 0 spiro atoms. The molecule has 0 saturated heterocycles. The molecule has 4 nitrogen and oxygen atoms in total. The number of hydrogen-bond donors (Lipinski definition) is 2. The number of rotatable bonds is 6. The van der Waals surface area contributed by atoms with E-state index < -0.39 is 0 Å². The van der Waals surface area contributed by atoms with Gasteiger partial charge in [-0.1, -0.05) is 0 Å². The first kappa shape index (κ1) is 12.2. The summed E-state index contributed by atoms with van der Waals surface area (Å²) in [6, 6.07) is 1.84. The zero-order chi connectivity index (χ0) is 12.1. The first-order chi connectivity index (χ1) is 8.25. The van der Waals surface area contributed by atoms with Crippen LogP contribution in [-0.4, -0.2) is 17.4 Å². The number of nitrogens with zero attached hydrogens (tertiary/aromatic N) is 1. The van der Waals surface area contributed by atoms with E-state index in [4.69, 9.17) is 5.73 Å². The second kappa shape index (κ2) is 5.90. The maximum absolute atomic E-state index is 10.9. The molecule has 6 heteroatoms. The lowest BCUT2D eigenvalue weighted by atomic mass is 10.3. The molecule has 90 valence electrons. The Hall–Kier alpha value is -1.24. The molecule has 1 amide bonds. The quantitative estimate of drug-likeness (QED) is 0.782. The molecule has 0 unspecified atom stereocenters. The number of thiophene rings is 1. The van der Waals surface area contributed by atoms with Crippen LogP contribution in [0.1, 0.15) is 20.9 Å². The molecule has 0 atom stereocenters. The number of aromatic nitrogens is 1. The van der Waals surface area contributed by atoms with E-state index in [1.54, 1.807) is 28.1 Å². The number of carbonyl (C=O) groups is 1. The standard InChI is InChI=1S/C11H13N3OS2/c12-11(15)8-3-10(17-5-8)4-13-2-1-9-6-16-7-14-9/h3,5-7,13H,1-2,4H2,(H2,12,15). The van der Waals surface area contributed by atoms with Crippen molar-refractivity contribution in [1.82, 2.24) is 10.3 Å². The Morgan fingerprint density at radius 1 is 1.47 bits per heavy atom. The molecule has 2 aromatic heterocycles. The monoisotopic (exact) mass is 267 g/mol. The molecule has 3 N–H and O–H groups in total. The fourth-order valence-corrected chi connectivity index (χ4v) is 2.83. The molecule has 2 rings (SSSR count). The molecule has 0 bridgehead atoms. The summed E-state index contributed by atoms with van der Waals surface area (Å²) in [6.07, 6.45) is 0.928. The first-order valence-electron chi connectivity index (χ1n) is 5.20. The van der Waals surface area contributed by atoms with Gasteiger partial charge in [0.15, 0.2) is 0 Å². The van der Waals surface area contributed by atoms with Gasteiger partial charge in [0, 0.05) is 35.1 Å². The fourth-order valence-electron chi connectivity index (χ4n) is 1.39. The van der Waals surface area contributed by atoms with Crippen molar-refractivity contribution in [2.24, 2.45) is 5.73 Å². The maximum Gasteiger partial charge on any atom is 0.249 e. The predicted molar refractivity (Wildman–Crippen MR) is 70.4 cm³/mol. The van der Waals surface area contributed by atoms with Crippen molar-refractivity contribution in [3.63, 3.8) is 0 Å². The molecule has 0 saturated carbocycles. The largest absolute Gasteiger partial charge is 0.366 e. The number of thiazole rings is 1. The minimum atomic E-state index is -0.366. The SMILES string of the molecule is NC(=O)c1csc(CNCCc2cscn2)c1. The van der Waals surface area contributed by atoms with Crippen molar-refractivity contribution in [2.75, 3.05) is 6.54 Å². The molecule has 0 aliphatic heterocycles. The highest BCUT2D eigenvalue weighted by atomic mass is 32.1. The highest BCUT2D eigenvalue weighted by Crippen LogP contribution is 2.13. The summed E-state index contributed by atoms with van der Waals surface area (Å²) in [5.41, 5.74) is 8.73. The summed E-state index contributed by atoms with van der Waals surface area (Å²) in [5.74, 6) is -0.366. The summed E-state index contributed by atoms with van der Waals surface area (Å²) >= 11 is 3.16. The van der Waals surface area contributed by atoms with E-state index in [1.165, 1.54) is 0 Å². The molecule has 17 heavy (non-hydrogen) atoms. The molecular formula is C11H13N3OS2. The van der Waals surface area contributed by atoms with Crippen LogP contribution in [0.2, 0.25) is 0 Å². The Morgan fingerprint density at radius 3 is 3.00 bits per heavy atom. The van der Waals surface area contributed by atoms with Crippen molar-refractivity contribution in [2.45, 2.75) is 13.0 Å². The molecule has 2 aromatic rings. The zero-order valence-corrected chi connectivity index (χ0v) is 10.8. The van der Waals surface area contributed by atoms with Crippen molar-refractivity contribution < 1.29 is 4.79 Å². The van der Waals surface area contributed by atoms with Gasteiger partial charge in [0.25, 0.3) is 0 Å². The van der Waals surface area contributed by atoms with Crippen molar-refractivity contribution in [1.29, 1.82) is 0 Å². The molecule has 0 aliphatic rings. The average Bonchev–Trinajstić information content (AvgIpc) is 2.96. The second-order valence-electron chi connectivity index (χ2n) is 3.57. The topological polar surface area (TPSA) is 68.0 Å². The number of nitrogens with two attached hydrogens (primary N) is 1. The van der Waals surface area contributed by atoms with Gasteiger partial charge in [0.2, 0.25) is 5.91 Å². The summed E-state index contributed by atoms with van der Waals surface area (Å²) in [5, 5.41) is 7.16. The Morgan fingerprint density at radius 2 is 2.35 bits per heavy atom. The van der Waals surface area contributed by atoms with Crippen LogP contribution in [0, 0.1) is 0 Å². The fraction of sp³-hybridized carbons (Fsp3) is 0.273. The molecule has 2 heterocycles. The van der Waals surface area contributed by atoms with Gasteiger partial charge >= 0.3 is 0 Å². The molecule has 0 fully saturated rings. The Labute approximate surface area is 107 Å². The van der Waals surface area contributed by atoms with E-state index in [9.17, 15) is 4.79 Å². The van der Waals surface area contributed by atoms with Crippen LogP contribution >= 0.6 is 22.7 Å². The summed E-state index contributed by atoms with van der Waals surface area (Å²) in [4.78, 5) is 16.2. The third-order valence-corrected chi connectivity index (χ3v) is 3.85. The van der Waals surface area contributed by atoms with E-state index in [1.807, 2.05) is 11.6 Å². The number of amides is 1. The average molecular weight is 267 g/mol. The third kappa shape index (κ3) is 3.62. The van der Waals surface area contributed by atoms with Crippen molar-refractivity contribution in [3.8, 4) is 0 Å². The van der Waals surface area contributed by atoms with E-state index in [2.05, 4.69) is 15.7 Å². The van der Waals surface area contributed by atoms with Gasteiger partial charge in [0.05, 0.1) is 16.8 Å². The van der Waals surface area contributed by atoms with Gasteiger partial charge in [-0.3, -0.25) is 4.79 Å².